The lowest BCUT2D eigenvalue weighted by Gasteiger charge is -2.13. The Hall–Kier alpha value is -2.03. The van der Waals surface area contributed by atoms with E-state index in [1.54, 1.807) is 18.2 Å². The summed E-state index contributed by atoms with van der Waals surface area (Å²) >= 11 is 5.74. The molecule has 0 amide bonds. The topological polar surface area (TPSA) is 37.8 Å². The van der Waals surface area contributed by atoms with Crippen LogP contribution >= 0.6 is 11.6 Å². The van der Waals surface area contributed by atoms with E-state index < -0.39 is 29.7 Å². The Labute approximate surface area is 131 Å². The summed E-state index contributed by atoms with van der Waals surface area (Å²) in [6.45, 7) is -0.0842. The Morgan fingerprint density at radius 3 is 1.96 bits per heavy atom. The van der Waals surface area contributed by atoms with Crippen molar-refractivity contribution < 1.29 is 26.3 Å². The lowest BCUT2D eigenvalue weighted by atomic mass is 10.2. The Kier molecular flexibility index (Phi) is 4.69. The van der Waals surface area contributed by atoms with Gasteiger partial charge in [0.25, 0.3) is 0 Å². The molecule has 0 saturated heterocycles. The SMILES string of the molecule is FC(F)(F)c1cc(C(F)(F)F)nc(NCc2cccc(Cl)c2)n1. The number of nitrogens with zero attached hydrogens (tertiary/aromatic N) is 2. The van der Waals surface area contributed by atoms with Crippen LogP contribution in [-0.2, 0) is 18.9 Å². The quantitative estimate of drug-likeness (QED) is 0.805. The summed E-state index contributed by atoms with van der Waals surface area (Å²) in [5.74, 6) is -0.771. The Balaban J connectivity index is 2.30. The van der Waals surface area contributed by atoms with E-state index in [0.717, 1.165) is 0 Å². The molecule has 0 spiro atoms. The van der Waals surface area contributed by atoms with Gasteiger partial charge in [-0.25, -0.2) is 9.97 Å². The third kappa shape index (κ3) is 4.72. The second kappa shape index (κ2) is 6.23. The lowest BCUT2D eigenvalue weighted by Crippen LogP contribution is -2.17. The average molecular weight is 356 g/mol. The van der Waals surface area contributed by atoms with Crippen molar-refractivity contribution in [3.05, 3.63) is 52.3 Å². The molecule has 2 rings (SSSR count). The molecule has 23 heavy (non-hydrogen) atoms. The molecule has 1 heterocycles. The smallest absolute Gasteiger partial charge is 0.350 e. The first-order valence-corrected chi connectivity index (χ1v) is 6.45. The summed E-state index contributed by atoms with van der Waals surface area (Å²) in [7, 11) is 0. The zero-order valence-corrected chi connectivity index (χ0v) is 11.9. The maximum atomic E-state index is 12.6. The Morgan fingerprint density at radius 1 is 0.913 bits per heavy atom. The molecule has 0 fully saturated rings. The summed E-state index contributed by atoms with van der Waals surface area (Å²) in [5.41, 5.74) is -2.80. The van der Waals surface area contributed by atoms with Crippen LogP contribution in [0.15, 0.2) is 30.3 Å². The fourth-order valence-electron chi connectivity index (χ4n) is 1.64. The molecule has 1 N–H and O–H groups in total. The molecule has 124 valence electrons. The molecule has 0 bridgehead atoms. The van der Waals surface area contributed by atoms with Gasteiger partial charge >= 0.3 is 12.4 Å². The van der Waals surface area contributed by atoms with Gasteiger partial charge in [0.15, 0.2) is 11.4 Å². The summed E-state index contributed by atoms with van der Waals surface area (Å²) in [4.78, 5) is 6.15. The van der Waals surface area contributed by atoms with Gasteiger partial charge < -0.3 is 5.32 Å². The third-order valence-electron chi connectivity index (χ3n) is 2.65. The molecular formula is C13H8ClF6N3. The molecule has 2 aromatic rings. The first-order valence-electron chi connectivity index (χ1n) is 6.07. The number of nitrogens with one attached hydrogen (secondary N) is 1. The lowest BCUT2D eigenvalue weighted by molar-refractivity contribution is -0.147. The Morgan fingerprint density at radius 2 is 1.48 bits per heavy atom. The molecule has 0 aliphatic heterocycles. The molecule has 3 nitrogen and oxygen atoms in total. The minimum atomic E-state index is -5.02. The number of hydrogen-bond donors (Lipinski definition) is 1. The highest BCUT2D eigenvalue weighted by atomic mass is 35.5. The van der Waals surface area contributed by atoms with Crippen molar-refractivity contribution in [1.82, 2.24) is 9.97 Å². The van der Waals surface area contributed by atoms with Crippen LogP contribution in [0.1, 0.15) is 17.0 Å². The molecule has 0 saturated carbocycles. The zero-order valence-electron chi connectivity index (χ0n) is 11.1. The summed E-state index contributed by atoms with van der Waals surface area (Å²) in [6, 6.07) is 6.13. The van der Waals surface area contributed by atoms with E-state index >= 15 is 0 Å². The van der Waals surface area contributed by atoms with Gasteiger partial charge in [0.05, 0.1) is 0 Å². The number of hydrogen-bond acceptors (Lipinski definition) is 3. The highest BCUT2D eigenvalue weighted by molar-refractivity contribution is 6.30. The number of aromatic nitrogens is 2. The molecule has 1 aromatic heterocycles. The molecule has 1 aromatic carbocycles. The fourth-order valence-corrected chi connectivity index (χ4v) is 1.86. The molecule has 10 heteroatoms. The van der Waals surface area contributed by atoms with Crippen LogP contribution in [-0.4, -0.2) is 9.97 Å². The predicted octanol–water partition coefficient (Wildman–Crippen LogP) is 4.78. The van der Waals surface area contributed by atoms with E-state index in [-0.39, 0.29) is 12.6 Å². The van der Waals surface area contributed by atoms with E-state index in [9.17, 15) is 26.3 Å². The van der Waals surface area contributed by atoms with Crippen molar-refractivity contribution in [3.8, 4) is 0 Å². The minimum absolute atomic E-state index is 0.0842. The van der Waals surface area contributed by atoms with E-state index in [0.29, 0.717) is 10.6 Å². The molecule has 0 aliphatic rings. The van der Waals surface area contributed by atoms with Crippen molar-refractivity contribution in [2.24, 2.45) is 0 Å². The largest absolute Gasteiger partial charge is 0.433 e. The second-order valence-corrected chi connectivity index (χ2v) is 4.88. The number of anilines is 1. The summed E-state index contributed by atoms with van der Waals surface area (Å²) in [6.07, 6.45) is -10.0. The standard InChI is InChI=1S/C13H8ClF6N3/c14-8-3-1-2-7(4-8)6-21-11-22-9(12(15,16)17)5-10(23-11)13(18,19)20/h1-5H,6H2,(H,21,22,23). The van der Waals surface area contributed by atoms with Gasteiger partial charge in [0.2, 0.25) is 5.95 Å². The van der Waals surface area contributed by atoms with Gasteiger partial charge in [0, 0.05) is 11.6 Å². The number of halogens is 7. The van der Waals surface area contributed by atoms with Crippen molar-refractivity contribution in [3.63, 3.8) is 0 Å². The van der Waals surface area contributed by atoms with Gasteiger partial charge in [-0.1, -0.05) is 23.7 Å². The highest BCUT2D eigenvalue weighted by Gasteiger charge is 2.39. The van der Waals surface area contributed by atoms with Crippen molar-refractivity contribution >= 4 is 17.5 Å². The van der Waals surface area contributed by atoms with Gasteiger partial charge in [-0.05, 0) is 23.8 Å². The normalized spacial score (nSPS) is 12.3. The summed E-state index contributed by atoms with van der Waals surface area (Å²) < 4.78 is 75.9. The predicted molar refractivity (Wildman–Crippen MR) is 70.8 cm³/mol. The molecular weight excluding hydrogens is 348 g/mol. The molecule has 0 atom stereocenters. The Bertz CT molecular complexity index is 667. The van der Waals surface area contributed by atoms with Crippen molar-refractivity contribution in [2.75, 3.05) is 5.32 Å². The van der Waals surface area contributed by atoms with Crippen LogP contribution < -0.4 is 5.32 Å². The number of benzene rings is 1. The second-order valence-electron chi connectivity index (χ2n) is 4.44. The first kappa shape index (κ1) is 17.3. The minimum Gasteiger partial charge on any atom is -0.350 e. The zero-order chi connectivity index (χ0) is 17.3. The van der Waals surface area contributed by atoms with Crippen LogP contribution in [0, 0.1) is 0 Å². The molecule has 0 unspecified atom stereocenters. The number of rotatable bonds is 3. The summed E-state index contributed by atoms with van der Waals surface area (Å²) in [5, 5.41) is 2.71. The molecule has 0 radical (unpaired) electrons. The van der Waals surface area contributed by atoms with Crippen LogP contribution in [0.5, 0.6) is 0 Å². The maximum Gasteiger partial charge on any atom is 0.433 e. The van der Waals surface area contributed by atoms with Gasteiger partial charge in [-0.3, -0.25) is 0 Å². The van der Waals surface area contributed by atoms with Gasteiger partial charge in [-0.2, -0.15) is 26.3 Å². The first-order chi connectivity index (χ1) is 10.6. The monoisotopic (exact) mass is 355 g/mol. The van der Waals surface area contributed by atoms with E-state index in [2.05, 4.69) is 15.3 Å². The van der Waals surface area contributed by atoms with Crippen LogP contribution in [0.3, 0.4) is 0 Å². The van der Waals surface area contributed by atoms with Crippen molar-refractivity contribution in [2.45, 2.75) is 18.9 Å². The van der Waals surface area contributed by atoms with Crippen molar-refractivity contribution in [1.29, 1.82) is 0 Å². The van der Waals surface area contributed by atoms with Crippen LogP contribution in [0.4, 0.5) is 32.3 Å². The third-order valence-corrected chi connectivity index (χ3v) is 2.88. The number of alkyl halides is 6. The van der Waals surface area contributed by atoms with E-state index in [4.69, 9.17) is 11.6 Å². The van der Waals surface area contributed by atoms with E-state index in [1.807, 2.05) is 0 Å². The maximum absolute atomic E-state index is 12.6. The molecule has 0 aliphatic carbocycles. The van der Waals surface area contributed by atoms with Gasteiger partial charge in [0.1, 0.15) is 0 Å². The highest BCUT2D eigenvalue weighted by Crippen LogP contribution is 2.34. The van der Waals surface area contributed by atoms with E-state index in [1.165, 1.54) is 6.07 Å². The van der Waals surface area contributed by atoms with Gasteiger partial charge in [-0.15, -0.1) is 0 Å². The average Bonchev–Trinajstić information content (AvgIpc) is 2.43. The van der Waals surface area contributed by atoms with Crippen LogP contribution in [0.25, 0.3) is 0 Å². The fraction of sp³-hybridized carbons (Fsp3) is 0.231. The van der Waals surface area contributed by atoms with Crippen LogP contribution in [0.2, 0.25) is 5.02 Å².